The molecule has 0 bridgehead atoms. The standard InChI is InChI=1S/C18H17ClN2O3/c1-12-5-3-6-14(11-12)8-9-16(22)24-13(2)18(23)21-15-7-4-10-20-17(15)19/h3-11,13H,1-2H3,(H,21,23)/b9-8+/t13-/m0/s1. The molecule has 1 atom stereocenters. The Bertz CT molecular complexity index is 774. The molecule has 2 rings (SSSR count). The van der Waals surface area contributed by atoms with Gasteiger partial charge in [0, 0.05) is 12.3 Å². The summed E-state index contributed by atoms with van der Waals surface area (Å²) in [6.07, 6.45) is 3.47. The maximum absolute atomic E-state index is 12.0. The van der Waals surface area contributed by atoms with Crippen molar-refractivity contribution in [2.24, 2.45) is 0 Å². The van der Waals surface area contributed by atoms with Crippen LogP contribution in [0.5, 0.6) is 0 Å². The minimum Gasteiger partial charge on any atom is -0.449 e. The van der Waals surface area contributed by atoms with E-state index in [0.717, 1.165) is 11.1 Å². The van der Waals surface area contributed by atoms with Gasteiger partial charge in [0.05, 0.1) is 5.69 Å². The lowest BCUT2D eigenvalue weighted by molar-refractivity contribution is -0.148. The minimum absolute atomic E-state index is 0.170. The number of hydrogen-bond donors (Lipinski definition) is 1. The molecule has 0 spiro atoms. The molecule has 0 aliphatic carbocycles. The Balaban J connectivity index is 1.91. The van der Waals surface area contributed by atoms with E-state index in [1.165, 1.54) is 19.2 Å². The molecule has 124 valence electrons. The van der Waals surface area contributed by atoms with E-state index in [1.54, 1.807) is 18.2 Å². The number of benzene rings is 1. The molecule has 1 heterocycles. The van der Waals surface area contributed by atoms with Gasteiger partial charge < -0.3 is 10.1 Å². The number of anilines is 1. The zero-order valence-corrected chi connectivity index (χ0v) is 14.1. The van der Waals surface area contributed by atoms with E-state index in [4.69, 9.17) is 16.3 Å². The van der Waals surface area contributed by atoms with Crippen LogP contribution in [0.15, 0.2) is 48.7 Å². The van der Waals surface area contributed by atoms with Gasteiger partial charge in [-0.15, -0.1) is 0 Å². The number of carbonyl (C=O) groups excluding carboxylic acids is 2. The maximum atomic E-state index is 12.0. The number of nitrogens with zero attached hydrogens (tertiary/aromatic N) is 1. The number of aryl methyl sites for hydroxylation is 1. The average Bonchev–Trinajstić information content (AvgIpc) is 2.55. The second-order valence-electron chi connectivity index (χ2n) is 5.16. The Kier molecular flexibility index (Phi) is 6.09. The van der Waals surface area contributed by atoms with Crippen LogP contribution < -0.4 is 5.32 Å². The van der Waals surface area contributed by atoms with E-state index in [1.807, 2.05) is 31.2 Å². The molecule has 0 fully saturated rings. The number of esters is 1. The van der Waals surface area contributed by atoms with Crippen LogP contribution in [0.2, 0.25) is 5.15 Å². The molecule has 0 radical (unpaired) electrons. The SMILES string of the molecule is Cc1cccc(/C=C/C(=O)O[C@@H](C)C(=O)Nc2cccnc2Cl)c1. The number of amides is 1. The van der Waals surface area contributed by atoms with Crippen molar-refractivity contribution in [3.05, 3.63) is 65.0 Å². The molecule has 5 nitrogen and oxygen atoms in total. The quantitative estimate of drug-likeness (QED) is 0.511. The first-order chi connectivity index (χ1) is 11.5. The Morgan fingerprint density at radius 1 is 1.29 bits per heavy atom. The van der Waals surface area contributed by atoms with Crippen LogP contribution in [0.25, 0.3) is 6.08 Å². The lowest BCUT2D eigenvalue weighted by Gasteiger charge is -2.12. The summed E-state index contributed by atoms with van der Waals surface area (Å²) in [6.45, 7) is 3.45. The Morgan fingerprint density at radius 2 is 2.08 bits per heavy atom. The number of pyridine rings is 1. The Morgan fingerprint density at radius 3 is 2.79 bits per heavy atom. The van der Waals surface area contributed by atoms with Crippen LogP contribution in [-0.2, 0) is 14.3 Å². The average molecular weight is 345 g/mol. The van der Waals surface area contributed by atoms with E-state index in [2.05, 4.69) is 10.3 Å². The Labute approximate surface area is 145 Å². The highest BCUT2D eigenvalue weighted by Gasteiger charge is 2.17. The lowest BCUT2D eigenvalue weighted by atomic mass is 10.1. The molecule has 1 aromatic carbocycles. The maximum Gasteiger partial charge on any atom is 0.331 e. The van der Waals surface area contributed by atoms with Gasteiger partial charge in [-0.05, 0) is 37.6 Å². The smallest absolute Gasteiger partial charge is 0.331 e. The third-order valence-corrected chi connectivity index (χ3v) is 3.43. The number of ether oxygens (including phenoxy) is 1. The highest BCUT2D eigenvalue weighted by Crippen LogP contribution is 2.17. The van der Waals surface area contributed by atoms with Crippen molar-refractivity contribution in [1.29, 1.82) is 0 Å². The number of nitrogens with one attached hydrogen (secondary N) is 1. The zero-order chi connectivity index (χ0) is 17.5. The molecule has 2 aromatic rings. The molecule has 1 N–H and O–H groups in total. The fraction of sp³-hybridized carbons (Fsp3) is 0.167. The highest BCUT2D eigenvalue weighted by molar-refractivity contribution is 6.32. The second kappa shape index (κ2) is 8.26. The van der Waals surface area contributed by atoms with Gasteiger partial charge in [-0.25, -0.2) is 9.78 Å². The largest absolute Gasteiger partial charge is 0.449 e. The summed E-state index contributed by atoms with van der Waals surface area (Å²) in [5.41, 5.74) is 2.33. The van der Waals surface area contributed by atoms with E-state index in [0.29, 0.717) is 5.69 Å². The van der Waals surface area contributed by atoms with Crippen molar-refractivity contribution in [3.63, 3.8) is 0 Å². The predicted octanol–water partition coefficient (Wildman–Crippen LogP) is 3.63. The van der Waals surface area contributed by atoms with Crippen LogP contribution >= 0.6 is 11.6 Å². The van der Waals surface area contributed by atoms with E-state index >= 15 is 0 Å². The van der Waals surface area contributed by atoms with Gasteiger partial charge in [0.15, 0.2) is 11.3 Å². The number of hydrogen-bond acceptors (Lipinski definition) is 4. The highest BCUT2D eigenvalue weighted by atomic mass is 35.5. The van der Waals surface area contributed by atoms with Gasteiger partial charge in [0.2, 0.25) is 0 Å². The van der Waals surface area contributed by atoms with Gasteiger partial charge in [-0.2, -0.15) is 0 Å². The van der Waals surface area contributed by atoms with E-state index < -0.39 is 18.0 Å². The monoisotopic (exact) mass is 344 g/mol. The van der Waals surface area contributed by atoms with Crippen molar-refractivity contribution < 1.29 is 14.3 Å². The predicted molar refractivity (Wildman–Crippen MR) is 93.6 cm³/mol. The van der Waals surface area contributed by atoms with Crippen molar-refractivity contribution in [2.75, 3.05) is 5.32 Å². The molecule has 24 heavy (non-hydrogen) atoms. The summed E-state index contributed by atoms with van der Waals surface area (Å²) in [7, 11) is 0. The van der Waals surface area contributed by atoms with Crippen molar-refractivity contribution >= 4 is 35.2 Å². The van der Waals surface area contributed by atoms with E-state index in [9.17, 15) is 9.59 Å². The fourth-order valence-electron chi connectivity index (χ4n) is 1.92. The summed E-state index contributed by atoms with van der Waals surface area (Å²) in [5, 5.41) is 2.73. The molecule has 0 saturated carbocycles. The van der Waals surface area contributed by atoms with Gasteiger partial charge >= 0.3 is 5.97 Å². The van der Waals surface area contributed by atoms with Crippen LogP contribution in [0.4, 0.5) is 5.69 Å². The van der Waals surface area contributed by atoms with Crippen LogP contribution in [0.1, 0.15) is 18.1 Å². The van der Waals surface area contributed by atoms with Crippen LogP contribution in [-0.4, -0.2) is 23.0 Å². The molecular weight excluding hydrogens is 328 g/mol. The van der Waals surface area contributed by atoms with Crippen molar-refractivity contribution in [3.8, 4) is 0 Å². The number of carbonyl (C=O) groups is 2. The molecule has 0 saturated heterocycles. The van der Waals surface area contributed by atoms with Crippen LogP contribution in [0.3, 0.4) is 0 Å². The van der Waals surface area contributed by atoms with E-state index in [-0.39, 0.29) is 5.15 Å². The third kappa shape index (κ3) is 5.21. The second-order valence-corrected chi connectivity index (χ2v) is 5.52. The van der Waals surface area contributed by atoms with Crippen LogP contribution in [0, 0.1) is 6.92 Å². The first kappa shape index (κ1) is 17.7. The van der Waals surface area contributed by atoms with Gasteiger partial charge in [0.1, 0.15) is 0 Å². The van der Waals surface area contributed by atoms with Gasteiger partial charge in [0.25, 0.3) is 5.91 Å². The summed E-state index contributed by atoms with van der Waals surface area (Å²) in [5.74, 6) is -1.08. The summed E-state index contributed by atoms with van der Waals surface area (Å²) < 4.78 is 5.07. The number of rotatable bonds is 5. The van der Waals surface area contributed by atoms with Crippen molar-refractivity contribution in [1.82, 2.24) is 4.98 Å². The molecule has 1 aromatic heterocycles. The summed E-state index contributed by atoms with van der Waals surface area (Å²) in [6, 6.07) is 10.9. The first-order valence-electron chi connectivity index (χ1n) is 7.32. The van der Waals surface area contributed by atoms with Gasteiger partial charge in [-0.3, -0.25) is 4.79 Å². The lowest BCUT2D eigenvalue weighted by Crippen LogP contribution is -2.29. The molecule has 0 aliphatic rings. The topological polar surface area (TPSA) is 68.3 Å². The fourth-order valence-corrected chi connectivity index (χ4v) is 2.09. The normalized spacial score (nSPS) is 12.0. The molecular formula is C18H17ClN2O3. The summed E-state index contributed by atoms with van der Waals surface area (Å²) in [4.78, 5) is 27.7. The molecule has 0 unspecified atom stereocenters. The molecule has 1 amide bonds. The van der Waals surface area contributed by atoms with Gasteiger partial charge in [-0.1, -0.05) is 41.4 Å². The zero-order valence-electron chi connectivity index (χ0n) is 13.3. The minimum atomic E-state index is -0.962. The first-order valence-corrected chi connectivity index (χ1v) is 7.70. The summed E-state index contributed by atoms with van der Waals surface area (Å²) >= 11 is 5.86. The number of aromatic nitrogens is 1. The Hall–Kier alpha value is -2.66. The van der Waals surface area contributed by atoms with Crippen molar-refractivity contribution in [2.45, 2.75) is 20.0 Å². The molecule has 6 heteroatoms. The molecule has 0 aliphatic heterocycles. The third-order valence-electron chi connectivity index (χ3n) is 3.13. The number of halogens is 1.